The number of ketones is 1. The third kappa shape index (κ3) is 13.5. The Bertz CT molecular complexity index is 296. The second-order valence-electron chi connectivity index (χ2n) is 8.50. The number of unbranched alkanes of at least 4 members (excludes halogenated alkanes) is 15. The Morgan fingerprint density at radius 1 is 0.640 bits per heavy atom. The van der Waals surface area contributed by atoms with Crippen LogP contribution in [0.15, 0.2) is 0 Å². The lowest BCUT2D eigenvalue weighted by Gasteiger charge is -2.20. The van der Waals surface area contributed by atoms with Crippen LogP contribution in [0.1, 0.15) is 142 Å². The summed E-state index contributed by atoms with van der Waals surface area (Å²) in [5.74, 6) is 0.993. The molecule has 0 radical (unpaired) electrons. The molecule has 1 nitrogen and oxygen atoms in total. The molecule has 1 fully saturated rings. The maximum absolute atomic E-state index is 11.8. The van der Waals surface area contributed by atoms with Gasteiger partial charge in [-0.2, -0.15) is 0 Å². The van der Waals surface area contributed by atoms with Gasteiger partial charge in [0.2, 0.25) is 0 Å². The Kier molecular flexibility index (Phi) is 15.5. The van der Waals surface area contributed by atoms with Gasteiger partial charge in [0.15, 0.2) is 0 Å². The average Bonchev–Trinajstić information content (AvgIpc) is 2.63. The van der Waals surface area contributed by atoms with Crippen LogP contribution in [0.2, 0.25) is 0 Å². The second kappa shape index (κ2) is 17.1. The van der Waals surface area contributed by atoms with Gasteiger partial charge in [-0.1, -0.05) is 116 Å². The Morgan fingerprint density at radius 3 is 1.52 bits per heavy atom. The Morgan fingerprint density at radius 2 is 1.08 bits per heavy atom. The van der Waals surface area contributed by atoms with Gasteiger partial charge in [-0.25, -0.2) is 0 Å². The van der Waals surface area contributed by atoms with E-state index in [1.807, 2.05) is 0 Å². The van der Waals surface area contributed by atoms with E-state index >= 15 is 0 Å². The van der Waals surface area contributed by atoms with Crippen LogP contribution in [0.5, 0.6) is 0 Å². The predicted molar refractivity (Wildman–Crippen MR) is 111 cm³/mol. The molecule has 0 N–H and O–H groups in total. The molecule has 1 saturated carbocycles. The molecule has 1 atom stereocenters. The number of rotatable bonds is 17. The van der Waals surface area contributed by atoms with Gasteiger partial charge in [0.05, 0.1) is 0 Å². The largest absolute Gasteiger partial charge is 0.299 e. The highest BCUT2D eigenvalue weighted by Gasteiger charge is 2.21. The van der Waals surface area contributed by atoms with Crippen LogP contribution in [0.4, 0.5) is 0 Å². The van der Waals surface area contributed by atoms with Gasteiger partial charge in [-0.05, 0) is 19.3 Å². The van der Waals surface area contributed by atoms with Crippen LogP contribution in [-0.4, -0.2) is 5.78 Å². The number of carbonyl (C=O) groups is 1. The maximum atomic E-state index is 11.8. The van der Waals surface area contributed by atoms with E-state index in [1.165, 1.54) is 122 Å². The van der Waals surface area contributed by atoms with Gasteiger partial charge in [0.1, 0.15) is 5.78 Å². The molecule has 1 heteroatoms. The first-order valence-electron chi connectivity index (χ1n) is 11.9. The van der Waals surface area contributed by atoms with Crippen molar-refractivity contribution in [3.8, 4) is 0 Å². The van der Waals surface area contributed by atoms with Crippen molar-refractivity contribution < 1.29 is 4.79 Å². The smallest absolute Gasteiger partial charge is 0.135 e. The number of carbonyl (C=O) groups excluding carboxylic acids is 1. The van der Waals surface area contributed by atoms with E-state index in [0.717, 1.165) is 12.8 Å². The molecular weight excluding hydrogens is 304 g/mol. The quantitative estimate of drug-likeness (QED) is 0.241. The fraction of sp³-hybridized carbons (Fsp3) is 0.958. The van der Waals surface area contributed by atoms with Crippen LogP contribution in [0, 0.1) is 5.92 Å². The zero-order valence-corrected chi connectivity index (χ0v) is 17.3. The first-order chi connectivity index (χ1) is 12.3. The van der Waals surface area contributed by atoms with E-state index in [2.05, 4.69) is 6.92 Å². The molecular formula is C24H46O. The fourth-order valence-corrected chi connectivity index (χ4v) is 4.30. The molecule has 0 aromatic carbocycles. The van der Waals surface area contributed by atoms with Crippen LogP contribution in [-0.2, 0) is 4.79 Å². The van der Waals surface area contributed by atoms with Crippen molar-refractivity contribution in [2.24, 2.45) is 5.92 Å². The van der Waals surface area contributed by atoms with E-state index in [-0.39, 0.29) is 0 Å². The third-order valence-corrected chi connectivity index (χ3v) is 6.09. The number of hydrogen-bond donors (Lipinski definition) is 0. The van der Waals surface area contributed by atoms with Gasteiger partial charge >= 0.3 is 0 Å². The molecule has 0 saturated heterocycles. The second-order valence-corrected chi connectivity index (χ2v) is 8.50. The first-order valence-corrected chi connectivity index (χ1v) is 11.9. The van der Waals surface area contributed by atoms with Gasteiger partial charge in [-0.15, -0.1) is 0 Å². The van der Waals surface area contributed by atoms with Crippen LogP contribution in [0.3, 0.4) is 0 Å². The van der Waals surface area contributed by atoms with Crippen molar-refractivity contribution in [2.75, 3.05) is 0 Å². The van der Waals surface area contributed by atoms with Crippen molar-refractivity contribution in [3.05, 3.63) is 0 Å². The number of hydrogen-bond acceptors (Lipinski definition) is 1. The summed E-state index contributed by atoms with van der Waals surface area (Å²) in [5.41, 5.74) is 0. The minimum absolute atomic E-state index is 0.431. The van der Waals surface area contributed by atoms with Crippen LogP contribution in [0.25, 0.3) is 0 Å². The SMILES string of the molecule is CCCCCCCCCCCCCCCCCCC1CCCCC1=O. The zero-order valence-electron chi connectivity index (χ0n) is 17.3. The highest BCUT2D eigenvalue weighted by molar-refractivity contribution is 5.81. The minimum Gasteiger partial charge on any atom is -0.299 e. The highest BCUT2D eigenvalue weighted by Crippen LogP contribution is 2.25. The Labute approximate surface area is 158 Å². The van der Waals surface area contributed by atoms with Crippen molar-refractivity contribution in [1.82, 2.24) is 0 Å². The lowest BCUT2D eigenvalue weighted by Crippen LogP contribution is -2.18. The first kappa shape index (κ1) is 22.7. The van der Waals surface area contributed by atoms with E-state index in [0.29, 0.717) is 11.7 Å². The van der Waals surface area contributed by atoms with Gasteiger partial charge in [0.25, 0.3) is 0 Å². The van der Waals surface area contributed by atoms with Crippen molar-refractivity contribution in [1.29, 1.82) is 0 Å². The number of Topliss-reactive ketones (excluding diaryl/α,β-unsaturated/α-hetero) is 1. The molecule has 148 valence electrons. The molecule has 1 aliphatic carbocycles. The van der Waals surface area contributed by atoms with Crippen molar-refractivity contribution in [3.63, 3.8) is 0 Å². The molecule has 0 amide bonds. The summed E-state index contributed by atoms with van der Waals surface area (Å²) in [4.78, 5) is 11.8. The molecule has 0 spiro atoms. The van der Waals surface area contributed by atoms with Gasteiger partial charge < -0.3 is 0 Å². The molecule has 0 heterocycles. The third-order valence-electron chi connectivity index (χ3n) is 6.09. The summed E-state index contributed by atoms with van der Waals surface area (Å²) in [6, 6.07) is 0. The summed E-state index contributed by atoms with van der Waals surface area (Å²) in [5, 5.41) is 0. The average molecular weight is 351 g/mol. The summed E-state index contributed by atoms with van der Waals surface area (Å²) < 4.78 is 0. The standard InChI is InChI=1S/C24H46O/c1-2-3-4-5-6-7-8-9-10-11-12-13-14-15-16-17-20-23-21-18-19-22-24(23)25/h23H,2-22H2,1H3. The molecule has 1 rings (SSSR count). The maximum Gasteiger partial charge on any atom is 0.135 e. The molecule has 0 aliphatic heterocycles. The fourth-order valence-electron chi connectivity index (χ4n) is 4.30. The van der Waals surface area contributed by atoms with E-state index in [4.69, 9.17) is 0 Å². The summed E-state index contributed by atoms with van der Waals surface area (Å²) in [7, 11) is 0. The minimum atomic E-state index is 0.431. The van der Waals surface area contributed by atoms with Gasteiger partial charge in [-0.3, -0.25) is 4.79 Å². The molecule has 1 aliphatic rings. The Balaban J connectivity index is 1.71. The topological polar surface area (TPSA) is 17.1 Å². The predicted octanol–water partition coefficient (Wildman–Crippen LogP) is 8.40. The summed E-state index contributed by atoms with van der Waals surface area (Å²) >= 11 is 0. The van der Waals surface area contributed by atoms with E-state index in [9.17, 15) is 4.79 Å². The van der Waals surface area contributed by atoms with E-state index < -0.39 is 0 Å². The van der Waals surface area contributed by atoms with Crippen LogP contribution >= 0.6 is 0 Å². The van der Waals surface area contributed by atoms with E-state index in [1.54, 1.807) is 0 Å². The van der Waals surface area contributed by atoms with Crippen molar-refractivity contribution >= 4 is 5.78 Å². The molecule has 0 aromatic rings. The molecule has 0 aromatic heterocycles. The zero-order chi connectivity index (χ0) is 18.0. The highest BCUT2D eigenvalue weighted by atomic mass is 16.1. The molecule has 25 heavy (non-hydrogen) atoms. The summed E-state index contributed by atoms with van der Waals surface area (Å²) in [6.45, 7) is 2.29. The molecule has 1 unspecified atom stereocenters. The lowest BCUT2D eigenvalue weighted by molar-refractivity contribution is -0.124. The lowest BCUT2D eigenvalue weighted by atomic mass is 9.84. The van der Waals surface area contributed by atoms with Crippen LogP contribution < -0.4 is 0 Å². The summed E-state index contributed by atoms with van der Waals surface area (Å²) in [6.07, 6.45) is 28.4. The van der Waals surface area contributed by atoms with Crippen molar-refractivity contribution in [2.45, 2.75) is 142 Å². The Hall–Kier alpha value is -0.330. The monoisotopic (exact) mass is 350 g/mol. The molecule has 0 bridgehead atoms. The van der Waals surface area contributed by atoms with Gasteiger partial charge in [0, 0.05) is 12.3 Å². The normalized spacial score (nSPS) is 18.0.